The number of carbonyl (C=O) groups excluding carboxylic acids is 3. The molecule has 3 N–H and O–H groups in total. The van der Waals surface area contributed by atoms with Crippen molar-refractivity contribution in [2.45, 2.75) is 11.8 Å². The van der Waals surface area contributed by atoms with Crippen LogP contribution in [0.3, 0.4) is 0 Å². The zero-order valence-corrected chi connectivity index (χ0v) is 17.1. The smallest absolute Gasteiger partial charge is 0.340 e. The molecule has 0 radical (unpaired) electrons. The van der Waals surface area contributed by atoms with E-state index < -0.39 is 34.5 Å². The Balaban J connectivity index is 2.10. The minimum absolute atomic E-state index is 0.0255. The van der Waals surface area contributed by atoms with Crippen LogP contribution in [0.4, 0.5) is 10.5 Å². The fourth-order valence-corrected chi connectivity index (χ4v) is 3.36. The molecule has 0 aliphatic carbocycles. The molecule has 0 saturated carbocycles. The van der Waals surface area contributed by atoms with Crippen molar-refractivity contribution in [3.63, 3.8) is 0 Å². The maximum absolute atomic E-state index is 12.6. The summed E-state index contributed by atoms with van der Waals surface area (Å²) in [6, 6.07) is 10.7. The van der Waals surface area contributed by atoms with Gasteiger partial charge in [-0.05, 0) is 43.3 Å². The van der Waals surface area contributed by atoms with Crippen molar-refractivity contribution < 1.29 is 32.3 Å². The van der Waals surface area contributed by atoms with Gasteiger partial charge in [-0.1, -0.05) is 12.1 Å². The summed E-state index contributed by atoms with van der Waals surface area (Å²) in [5.74, 6) is -1.27. The Morgan fingerprint density at radius 1 is 1.00 bits per heavy atom. The van der Waals surface area contributed by atoms with Crippen LogP contribution in [0.1, 0.15) is 17.3 Å². The molecule has 0 aromatic heterocycles. The van der Waals surface area contributed by atoms with Gasteiger partial charge in [0.2, 0.25) is 0 Å². The number of hydrogen-bond acceptors (Lipinski definition) is 7. The first kappa shape index (κ1) is 22.7. The van der Waals surface area contributed by atoms with E-state index >= 15 is 0 Å². The highest BCUT2D eigenvalue weighted by molar-refractivity contribution is 7.92. The summed E-state index contributed by atoms with van der Waals surface area (Å²) >= 11 is 0. The third-order valence-corrected chi connectivity index (χ3v) is 5.07. The molecular formula is C19H21N3O7S. The van der Waals surface area contributed by atoms with Gasteiger partial charge < -0.3 is 14.8 Å². The molecule has 0 spiro atoms. The predicted molar refractivity (Wildman–Crippen MR) is 108 cm³/mol. The highest BCUT2D eigenvalue weighted by Crippen LogP contribution is 2.22. The third kappa shape index (κ3) is 6.21. The normalized spacial score (nSPS) is 10.6. The van der Waals surface area contributed by atoms with Crippen LogP contribution >= 0.6 is 0 Å². The van der Waals surface area contributed by atoms with Gasteiger partial charge in [-0.15, -0.1) is 0 Å². The summed E-state index contributed by atoms with van der Waals surface area (Å²) in [4.78, 5) is 35.2. The molecule has 0 heterocycles. The predicted octanol–water partition coefficient (Wildman–Crippen LogP) is 1.50. The number of hydrogen-bond donors (Lipinski definition) is 3. The number of amides is 3. The first-order valence-electron chi connectivity index (χ1n) is 8.77. The quantitative estimate of drug-likeness (QED) is 0.534. The van der Waals surface area contributed by atoms with Crippen LogP contribution in [0.25, 0.3) is 0 Å². The summed E-state index contributed by atoms with van der Waals surface area (Å²) in [5, 5.41) is 4.34. The number of esters is 1. The van der Waals surface area contributed by atoms with Gasteiger partial charge in [-0.3, -0.25) is 14.8 Å². The molecule has 2 aromatic rings. The fourth-order valence-electron chi connectivity index (χ4n) is 2.28. The Morgan fingerprint density at radius 3 is 2.30 bits per heavy atom. The molecule has 0 aliphatic heterocycles. The Kier molecular flexibility index (Phi) is 7.76. The van der Waals surface area contributed by atoms with E-state index in [2.05, 4.69) is 10.0 Å². The summed E-state index contributed by atoms with van der Waals surface area (Å²) in [6.45, 7) is 1.28. The van der Waals surface area contributed by atoms with E-state index in [1.807, 2.05) is 5.32 Å². The molecule has 2 rings (SSSR count). The molecule has 0 atom stereocenters. The first-order valence-corrected chi connectivity index (χ1v) is 10.3. The van der Waals surface area contributed by atoms with Crippen LogP contribution in [0.5, 0.6) is 5.75 Å². The lowest BCUT2D eigenvalue weighted by atomic mass is 10.2. The van der Waals surface area contributed by atoms with E-state index in [0.717, 1.165) is 0 Å². The number of para-hydroxylation sites is 1. The van der Waals surface area contributed by atoms with E-state index in [4.69, 9.17) is 9.47 Å². The number of imide groups is 1. The lowest BCUT2D eigenvalue weighted by molar-refractivity contribution is -0.123. The topological polar surface area (TPSA) is 140 Å². The van der Waals surface area contributed by atoms with Gasteiger partial charge in [0.25, 0.3) is 15.9 Å². The average Bonchev–Trinajstić information content (AvgIpc) is 2.72. The molecule has 0 bridgehead atoms. The lowest BCUT2D eigenvalue weighted by Crippen LogP contribution is -2.41. The molecule has 160 valence electrons. The molecule has 0 unspecified atom stereocenters. The van der Waals surface area contributed by atoms with Crippen molar-refractivity contribution in [1.82, 2.24) is 10.6 Å². The first-order chi connectivity index (χ1) is 14.3. The molecule has 2 aromatic carbocycles. The summed E-state index contributed by atoms with van der Waals surface area (Å²) in [7, 11) is -2.53. The second kappa shape index (κ2) is 10.3. The van der Waals surface area contributed by atoms with Gasteiger partial charge in [0.1, 0.15) is 5.75 Å². The van der Waals surface area contributed by atoms with E-state index in [9.17, 15) is 22.8 Å². The zero-order chi connectivity index (χ0) is 22.1. The van der Waals surface area contributed by atoms with Crippen molar-refractivity contribution in [3.05, 3.63) is 54.1 Å². The van der Waals surface area contributed by atoms with Crippen molar-refractivity contribution in [2.24, 2.45) is 0 Å². The lowest BCUT2D eigenvalue weighted by Gasteiger charge is -2.12. The minimum atomic E-state index is -3.99. The molecule has 0 fully saturated rings. The van der Waals surface area contributed by atoms with Crippen LogP contribution in [0, 0.1) is 0 Å². The van der Waals surface area contributed by atoms with Crippen LogP contribution in [-0.2, 0) is 19.6 Å². The maximum Gasteiger partial charge on any atom is 0.340 e. The monoisotopic (exact) mass is 435 g/mol. The highest BCUT2D eigenvalue weighted by Gasteiger charge is 2.20. The van der Waals surface area contributed by atoms with Crippen LogP contribution < -0.4 is 20.1 Å². The number of methoxy groups -OCH3 is 1. The fraction of sp³-hybridized carbons (Fsp3) is 0.211. The molecule has 0 aliphatic rings. The van der Waals surface area contributed by atoms with E-state index in [1.54, 1.807) is 6.92 Å². The standard InChI is InChI=1S/C19H21N3O7S/c1-3-20-19(25)21-17(23)12-29-18(24)15-6-4-5-7-16(15)22-30(26,27)14-10-8-13(28-2)9-11-14/h4-11,22H,3,12H2,1-2H3,(H2,20,21,23,25). The molecular weight excluding hydrogens is 414 g/mol. The second-order valence-electron chi connectivity index (χ2n) is 5.81. The number of carbonyl (C=O) groups is 3. The number of rotatable bonds is 8. The number of sulfonamides is 1. The molecule has 0 saturated heterocycles. The van der Waals surface area contributed by atoms with Crippen molar-refractivity contribution in [3.8, 4) is 5.75 Å². The summed E-state index contributed by atoms with van der Waals surface area (Å²) in [5.41, 5.74) is -0.122. The number of nitrogens with one attached hydrogen (secondary N) is 3. The molecule has 11 heteroatoms. The Hall–Kier alpha value is -3.60. The Labute approximate surface area is 173 Å². The van der Waals surface area contributed by atoms with Gasteiger partial charge in [0.15, 0.2) is 6.61 Å². The highest BCUT2D eigenvalue weighted by atomic mass is 32.2. The van der Waals surface area contributed by atoms with Gasteiger partial charge in [-0.25, -0.2) is 18.0 Å². The van der Waals surface area contributed by atoms with Crippen molar-refractivity contribution in [1.29, 1.82) is 0 Å². The third-order valence-electron chi connectivity index (χ3n) is 3.69. The van der Waals surface area contributed by atoms with Crippen molar-refractivity contribution in [2.75, 3.05) is 25.0 Å². The van der Waals surface area contributed by atoms with E-state index in [1.165, 1.54) is 55.6 Å². The van der Waals surface area contributed by atoms with Gasteiger partial charge in [0.05, 0.1) is 23.3 Å². The Morgan fingerprint density at radius 2 is 1.67 bits per heavy atom. The summed E-state index contributed by atoms with van der Waals surface area (Å²) in [6.07, 6.45) is 0. The zero-order valence-electron chi connectivity index (χ0n) is 16.3. The number of ether oxygens (including phenoxy) is 2. The van der Waals surface area contributed by atoms with E-state index in [-0.39, 0.29) is 16.1 Å². The average molecular weight is 435 g/mol. The van der Waals surface area contributed by atoms with Crippen LogP contribution in [0.2, 0.25) is 0 Å². The number of anilines is 1. The Bertz CT molecular complexity index is 1020. The van der Waals surface area contributed by atoms with Crippen molar-refractivity contribution >= 4 is 33.6 Å². The van der Waals surface area contributed by atoms with E-state index in [0.29, 0.717) is 12.3 Å². The summed E-state index contributed by atoms with van der Waals surface area (Å²) < 4.78 is 37.4. The van der Waals surface area contributed by atoms with Gasteiger partial charge >= 0.3 is 12.0 Å². The molecule has 3 amide bonds. The largest absolute Gasteiger partial charge is 0.497 e. The van der Waals surface area contributed by atoms with Crippen LogP contribution in [-0.4, -0.2) is 46.6 Å². The number of urea groups is 1. The maximum atomic E-state index is 12.6. The second-order valence-corrected chi connectivity index (χ2v) is 7.49. The SMILES string of the molecule is CCNC(=O)NC(=O)COC(=O)c1ccccc1NS(=O)(=O)c1ccc(OC)cc1. The molecule has 10 nitrogen and oxygen atoms in total. The molecule has 30 heavy (non-hydrogen) atoms. The minimum Gasteiger partial charge on any atom is -0.497 e. The van der Waals surface area contributed by atoms with Gasteiger partial charge in [-0.2, -0.15) is 0 Å². The van der Waals surface area contributed by atoms with Gasteiger partial charge in [0, 0.05) is 6.54 Å². The van der Waals surface area contributed by atoms with Crippen LogP contribution in [0.15, 0.2) is 53.4 Å². The number of benzene rings is 2.